The van der Waals surface area contributed by atoms with E-state index in [0.717, 1.165) is 79.5 Å². The van der Waals surface area contributed by atoms with Crippen LogP contribution in [0.15, 0.2) is 114 Å². The average Bonchev–Trinajstić information content (AvgIpc) is 3.68. The second-order valence-electron chi connectivity index (χ2n) is 10.4. The van der Waals surface area contributed by atoms with E-state index >= 15 is 0 Å². The minimum absolute atomic E-state index is 0.777. The first-order valence-corrected chi connectivity index (χ1v) is 13.5. The molecule has 0 unspecified atom stereocenters. The van der Waals surface area contributed by atoms with Crippen molar-refractivity contribution in [3.8, 4) is 0 Å². The third-order valence-electron chi connectivity index (χ3n) is 8.30. The lowest BCUT2D eigenvalue weighted by Crippen LogP contribution is -2.04. The van der Waals surface area contributed by atoms with Crippen LogP contribution in [0.4, 0.5) is 11.4 Å². The van der Waals surface area contributed by atoms with E-state index in [1.165, 1.54) is 21.9 Å². The van der Waals surface area contributed by atoms with Crippen molar-refractivity contribution in [1.82, 2.24) is 15.0 Å². The predicted molar refractivity (Wildman–Crippen MR) is 163 cm³/mol. The molecule has 186 valence electrons. The first-order valence-electron chi connectivity index (χ1n) is 13.5. The number of aromatic nitrogens is 3. The Morgan fingerprint density at radius 3 is 1.48 bits per heavy atom. The molecule has 4 aromatic carbocycles. The molecule has 3 aromatic heterocycles. The molecule has 0 radical (unpaired) electrons. The van der Waals surface area contributed by atoms with E-state index in [2.05, 4.69) is 76.7 Å². The number of fused-ring (bicyclic) bond motifs is 12. The minimum Gasteiger partial charge on any atom is -0.256 e. The van der Waals surface area contributed by atoms with Gasteiger partial charge in [0.15, 0.2) is 0 Å². The van der Waals surface area contributed by atoms with Gasteiger partial charge in [-0.2, -0.15) is 0 Å². The average molecular weight is 512 g/mol. The largest absolute Gasteiger partial charge is 0.256 e. The van der Waals surface area contributed by atoms with Crippen molar-refractivity contribution >= 4 is 66.3 Å². The van der Waals surface area contributed by atoms with Gasteiger partial charge in [-0.25, -0.2) is 0 Å². The van der Waals surface area contributed by atoms with E-state index in [1.807, 2.05) is 36.8 Å². The number of hydrogen-bond donors (Lipinski definition) is 0. The molecule has 0 N–H and O–H groups in total. The van der Waals surface area contributed by atoms with Crippen molar-refractivity contribution < 1.29 is 0 Å². The molecule has 7 aromatic rings. The summed E-state index contributed by atoms with van der Waals surface area (Å²) in [6.07, 6.45) is 7.11. The Bertz CT molecular complexity index is 2100. The molecule has 9 rings (SSSR count). The Kier molecular flexibility index (Phi) is 4.38. The molecular weight excluding hydrogens is 490 g/mol. The summed E-state index contributed by atoms with van der Waals surface area (Å²) in [6, 6.07) is 29.6. The molecule has 40 heavy (non-hydrogen) atoms. The molecular formula is C35H21N5. The van der Waals surface area contributed by atoms with Gasteiger partial charge >= 0.3 is 0 Å². The summed E-state index contributed by atoms with van der Waals surface area (Å²) in [5.41, 5.74) is 11.9. The lowest BCUT2D eigenvalue weighted by Gasteiger charge is -2.09. The SMILES string of the molecule is c1ccc2c(c1)c1c(c3cccnc32)N=C(c2ccc(C3=Nc4c(c5cccnc5c5ncccc45)C3)cc2)C1. The third-order valence-corrected chi connectivity index (χ3v) is 8.30. The lowest BCUT2D eigenvalue weighted by molar-refractivity contribution is 1.35. The monoisotopic (exact) mass is 511 g/mol. The van der Waals surface area contributed by atoms with Gasteiger partial charge in [-0.3, -0.25) is 24.9 Å². The first kappa shape index (κ1) is 21.6. The molecule has 2 aliphatic heterocycles. The fourth-order valence-electron chi connectivity index (χ4n) is 6.45. The van der Waals surface area contributed by atoms with E-state index in [4.69, 9.17) is 15.0 Å². The second kappa shape index (κ2) is 8.10. The predicted octanol–water partition coefficient (Wildman–Crippen LogP) is 7.84. The molecule has 5 heterocycles. The summed E-state index contributed by atoms with van der Waals surface area (Å²) in [6.45, 7) is 0. The summed E-state index contributed by atoms with van der Waals surface area (Å²) in [5, 5.41) is 5.73. The Morgan fingerprint density at radius 2 is 0.850 bits per heavy atom. The van der Waals surface area contributed by atoms with Gasteiger partial charge in [0.1, 0.15) is 0 Å². The van der Waals surface area contributed by atoms with Gasteiger partial charge < -0.3 is 0 Å². The van der Waals surface area contributed by atoms with Crippen LogP contribution in [0, 0.1) is 0 Å². The van der Waals surface area contributed by atoms with Gasteiger partial charge in [0.2, 0.25) is 0 Å². The van der Waals surface area contributed by atoms with E-state index in [9.17, 15) is 0 Å². The lowest BCUT2D eigenvalue weighted by atomic mass is 9.95. The summed E-state index contributed by atoms with van der Waals surface area (Å²) in [4.78, 5) is 24.3. The first-order chi connectivity index (χ1) is 19.8. The maximum Gasteiger partial charge on any atom is 0.0986 e. The van der Waals surface area contributed by atoms with Crippen LogP contribution in [-0.4, -0.2) is 26.4 Å². The summed E-state index contributed by atoms with van der Waals surface area (Å²) in [5.74, 6) is 0. The number of nitrogens with zero attached hydrogens (tertiary/aromatic N) is 5. The zero-order valence-corrected chi connectivity index (χ0v) is 21.5. The molecule has 0 spiro atoms. The van der Waals surface area contributed by atoms with Crippen molar-refractivity contribution in [3.05, 3.63) is 126 Å². The smallest absolute Gasteiger partial charge is 0.0986 e. The van der Waals surface area contributed by atoms with Crippen LogP contribution in [0.1, 0.15) is 22.3 Å². The Morgan fingerprint density at radius 1 is 0.400 bits per heavy atom. The van der Waals surface area contributed by atoms with Crippen LogP contribution in [0.2, 0.25) is 0 Å². The highest BCUT2D eigenvalue weighted by molar-refractivity contribution is 6.20. The molecule has 5 heteroatoms. The molecule has 0 bridgehead atoms. The van der Waals surface area contributed by atoms with Crippen LogP contribution in [0.3, 0.4) is 0 Å². The van der Waals surface area contributed by atoms with Crippen molar-refractivity contribution in [2.24, 2.45) is 9.98 Å². The fourth-order valence-corrected chi connectivity index (χ4v) is 6.45. The topological polar surface area (TPSA) is 63.4 Å². The van der Waals surface area contributed by atoms with E-state index in [0.29, 0.717) is 0 Å². The van der Waals surface area contributed by atoms with Gasteiger partial charge in [-0.05, 0) is 58.0 Å². The summed E-state index contributed by atoms with van der Waals surface area (Å²) >= 11 is 0. The van der Waals surface area contributed by atoms with Crippen LogP contribution in [0.5, 0.6) is 0 Å². The molecule has 0 saturated carbocycles. The van der Waals surface area contributed by atoms with Crippen LogP contribution < -0.4 is 0 Å². The number of hydrogen-bond acceptors (Lipinski definition) is 5. The zero-order chi connectivity index (χ0) is 26.2. The third kappa shape index (κ3) is 3.00. The van der Waals surface area contributed by atoms with Gasteiger partial charge in [0.25, 0.3) is 0 Å². The van der Waals surface area contributed by atoms with Crippen LogP contribution >= 0.6 is 0 Å². The highest BCUT2D eigenvalue weighted by Gasteiger charge is 2.25. The Labute approximate surface area is 229 Å². The number of rotatable bonds is 2. The van der Waals surface area contributed by atoms with Crippen LogP contribution in [-0.2, 0) is 12.8 Å². The fraction of sp³-hybridized carbons (Fsp3) is 0.0571. The second-order valence-corrected chi connectivity index (χ2v) is 10.4. The Hall–Kier alpha value is -5.29. The molecule has 0 aliphatic carbocycles. The quantitative estimate of drug-likeness (QED) is 0.222. The maximum atomic E-state index is 5.16. The number of benzene rings is 4. The van der Waals surface area contributed by atoms with E-state index in [-0.39, 0.29) is 0 Å². The standard InChI is InChI=1S/C35H21N5/c1-2-7-23-22(6-1)27-18-29(39-32(27)25-9-4-15-36-31(23)25)20-11-13-21(14-12-20)30-19-28-24-8-3-16-37-34(24)35-26(33(28)40-30)10-5-17-38-35/h1-17H,18-19H2. The van der Waals surface area contributed by atoms with Crippen molar-refractivity contribution in [1.29, 1.82) is 0 Å². The van der Waals surface area contributed by atoms with Gasteiger partial charge in [-0.1, -0.05) is 54.6 Å². The Balaban J connectivity index is 1.11. The summed E-state index contributed by atoms with van der Waals surface area (Å²) in [7, 11) is 0. The van der Waals surface area contributed by atoms with Crippen LogP contribution in [0.25, 0.3) is 43.5 Å². The van der Waals surface area contributed by atoms with Crippen molar-refractivity contribution in [2.45, 2.75) is 12.8 Å². The zero-order valence-electron chi connectivity index (χ0n) is 21.5. The number of aliphatic imine (C=N–C) groups is 2. The van der Waals surface area contributed by atoms with Crippen molar-refractivity contribution in [3.63, 3.8) is 0 Å². The summed E-state index contributed by atoms with van der Waals surface area (Å²) < 4.78 is 0. The van der Waals surface area contributed by atoms with E-state index in [1.54, 1.807) is 0 Å². The van der Waals surface area contributed by atoms with Gasteiger partial charge in [0.05, 0.1) is 39.3 Å². The molecule has 0 amide bonds. The molecule has 0 atom stereocenters. The highest BCUT2D eigenvalue weighted by atomic mass is 14.8. The molecule has 0 fully saturated rings. The molecule has 2 aliphatic rings. The molecule has 0 saturated heterocycles. The van der Waals surface area contributed by atoms with Gasteiger partial charge in [-0.15, -0.1) is 0 Å². The number of pyridine rings is 3. The van der Waals surface area contributed by atoms with Gasteiger partial charge in [0, 0.05) is 53.0 Å². The minimum atomic E-state index is 0.777. The molecule has 5 nitrogen and oxygen atoms in total. The maximum absolute atomic E-state index is 5.16. The normalized spacial score (nSPS) is 14.1. The van der Waals surface area contributed by atoms with E-state index < -0.39 is 0 Å². The van der Waals surface area contributed by atoms with Crippen molar-refractivity contribution in [2.75, 3.05) is 0 Å². The highest BCUT2D eigenvalue weighted by Crippen LogP contribution is 2.43.